The van der Waals surface area contributed by atoms with Crippen LogP contribution in [0.4, 0.5) is 0 Å². The predicted molar refractivity (Wildman–Crippen MR) is 68.3 cm³/mol. The normalized spacial score (nSPS) is 17.3. The molecule has 0 aliphatic carbocycles. The Labute approximate surface area is 112 Å². The Kier molecular flexibility index (Phi) is 10.5. The topological polar surface area (TPSA) is 128 Å². The van der Waals surface area contributed by atoms with Crippen molar-refractivity contribution in [1.82, 2.24) is 0 Å². The summed E-state index contributed by atoms with van der Waals surface area (Å²) in [4.78, 5) is 2.63. The Balaban J connectivity index is 4.86. The minimum Gasteiger partial charge on any atom is -0.396 e. The number of unbranched alkanes of at least 4 members (excludes halogenated alkanes) is 1. The maximum Gasteiger partial charge on any atom is 0.165 e. The van der Waals surface area contributed by atoms with E-state index in [1.165, 1.54) is 7.11 Å². The van der Waals surface area contributed by atoms with E-state index in [-0.39, 0.29) is 13.0 Å². The van der Waals surface area contributed by atoms with Crippen molar-refractivity contribution in [1.29, 1.82) is 0 Å². The summed E-state index contributed by atoms with van der Waals surface area (Å²) in [5, 5.41) is 31.8. The van der Waals surface area contributed by atoms with Gasteiger partial charge in [-0.25, -0.2) is 0 Å². The first-order chi connectivity index (χ1) is 9.12. The molecule has 112 valence electrons. The predicted octanol–water partition coefficient (Wildman–Crippen LogP) is 0.559. The lowest BCUT2D eigenvalue weighted by atomic mass is 10.0. The van der Waals surface area contributed by atoms with Crippen LogP contribution in [0.15, 0.2) is 5.11 Å². The molecule has 0 spiro atoms. The Morgan fingerprint density at radius 2 is 2.05 bits per heavy atom. The Bertz CT molecular complexity index is 273. The highest BCUT2D eigenvalue weighted by atomic mass is 16.6. The van der Waals surface area contributed by atoms with Crippen LogP contribution in [0.1, 0.15) is 26.2 Å². The fourth-order valence-corrected chi connectivity index (χ4v) is 1.58. The van der Waals surface area contributed by atoms with Crippen molar-refractivity contribution in [3.8, 4) is 0 Å². The summed E-state index contributed by atoms with van der Waals surface area (Å²) in [6, 6.07) is -1.08. The number of hydrogen-bond acceptors (Lipinski definition) is 6. The maximum atomic E-state index is 9.91. The Morgan fingerprint density at radius 3 is 2.53 bits per heavy atom. The van der Waals surface area contributed by atoms with Crippen molar-refractivity contribution < 1.29 is 24.8 Å². The number of aliphatic hydroxyl groups excluding tert-OH is 3. The Morgan fingerprint density at radius 1 is 1.37 bits per heavy atom. The molecule has 0 aliphatic heterocycles. The van der Waals surface area contributed by atoms with Crippen LogP contribution in [0.5, 0.6) is 0 Å². The lowest BCUT2D eigenvalue weighted by Crippen LogP contribution is -2.46. The minimum absolute atomic E-state index is 0.0602. The molecule has 0 rings (SSSR count). The van der Waals surface area contributed by atoms with Gasteiger partial charge in [-0.15, -0.1) is 0 Å². The lowest BCUT2D eigenvalue weighted by molar-refractivity contribution is -0.145. The number of nitrogens with zero attached hydrogens (tertiary/aromatic N) is 3. The monoisotopic (exact) mass is 277 g/mol. The zero-order chi connectivity index (χ0) is 14.7. The van der Waals surface area contributed by atoms with Crippen molar-refractivity contribution in [2.75, 3.05) is 20.3 Å². The molecule has 8 nitrogen and oxygen atoms in total. The highest BCUT2D eigenvalue weighted by Gasteiger charge is 2.33. The fraction of sp³-hybridized carbons (Fsp3) is 1.00. The second kappa shape index (κ2) is 11.0. The number of ether oxygens (including phenoxy) is 2. The van der Waals surface area contributed by atoms with Crippen molar-refractivity contribution in [2.24, 2.45) is 5.11 Å². The molecule has 0 fully saturated rings. The van der Waals surface area contributed by atoms with Gasteiger partial charge in [-0.3, -0.25) is 0 Å². The van der Waals surface area contributed by atoms with E-state index in [9.17, 15) is 10.2 Å². The first kappa shape index (κ1) is 18.1. The average Bonchev–Trinajstić information content (AvgIpc) is 2.41. The number of aliphatic hydroxyl groups is 3. The molecule has 3 N–H and O–H groups in total. The summed E-state index contributed by atoms with van der Waals surface area (Å²) >= 11 is 0. The largest absolute Gasteiger partial charge is 0.396 e. The number of azide groups is 1. The van der Waals surface area contributed by atoms with Gasteiger partial charge in [-0.05, 0) is 18.4 Å². The molecule has 19 heavy (non-hydrogen) atoms. The summed E-state index contributed by atoms with van der Waals surface area (Å²) in [6.45, 7) is 2.11. The molecule has 0 aromatic carbocycles. The molecule has 0 saturated heterocycles. The van der Waals surface area contributed by atoms with Gasteiger partial charge in [0.2, 0.25) is 0 Å². The second-order valence-electron chi connectivity index (χ2n) is 4.09. The van der Waals surface area contributed by atoms with Crippen LogP contribution in [0.2, 0.25) is 0 Å². The van der Waals surface area contributed by atoms with Gasteiger partial charge in [0.15, 0.2) is 6.29 Å². The van der Waals surface area contributed by atoms with E-state index in [0.717, 1.165) is 12.8 Å². The van der Waals surface area contributed by atoms with E-state index in [1.54, 1.807) is 0 Å². The Hall–Kier alpha value is -0.890. The summed E-state index contributed by atoms with van der Waals surface area (Å²) in [7, 11) is 1.26. The molecule has 0 amide bonds. The van der Waals surface area contributed by atoms with E-state index in [1.807, 2.05) is 6.92 Å². The molecule has 4 atom stereocenters. The van der Waals surface area contributed by atoms with Crippen LogP contribution in [-0.4, -0.2) is 60.2 Å². The SMILES string of the molecule is CCCCOC(C(O)CCO)C(N=[N+]=[N-])C(O)OC. The lowest BCUT2D eigenvalue weighted by Gasteiger charge is -2.30. The van der Waals surface area contributed by atoms with Gasteiger partial charge in [-0.1, -0.05) is 18.5 Å². The van der Waals surface area contributed by atoms with Gasteiger partial charge < -0.3 is 24.8 Å². The summed E-state index contributed by atoms with van der Waals surface area (Å²) in [5.74, 6) is 0. The molecule has 0 heterocycles. The van der Waals surface area contributed by atoms with Gasteiger partial charge in [0, 0.05) is 25.2 Å². The number of rotatable bonds is 11. The maximum absolute atomic E-state index is 9.91. The molecule has 0 radical (unpaired) electrons. The fourth-order valence-electron chi connectivity index (χ4n) is 1.58. The quantitative estimate of drug-likeness (QED) is 0.167. The second-order valence-corrected chi connectivity index (χ2v) is 4.09. The number of methoxy groups -OCH3 is 1. The van der Waals surface area contributed by atoms with Gasteiger partial charge in [-0.2, -0.15) is 0 Å². The van der Waals surface area contributed by atoms with Crippen molar-refractivity contribution in [3.05, 3.63) is 10.4 Å². The highest BCUT2D eigenvalue weighted by Crippen LogP contribution is 2.17. The minimum atomic E-state index is -1.38. The molecule has 8 heteroatoms. The molecular formula is C11H23N3O5. The molecule has 0 aliphatic rings. The van der Waals surface area contributed by atoms with Gasteiger partial charge in [0.25, 0.3) is 0 Å². The van der Waals surface area contributed by atoms with Crippen LogP contribution in [-0.2, 0) is 9.47 Å². The van der Waals surface area contributed by atoms with Gasteiger partial charge >= 0.3 is 0 Å². The third kappa shape index (κ3) is 6.72. The van der Waals surface area contributed by atoms with Crippen LogP contribution in [0.25, 0.3) is 10.4 Å². The molecule has 0 saturated carbocycles. The van der Waals surface area contributed by atoms with Crippen LogP contribution >= 0.6 is 0 Å². The molecule has 0 bridgehead atoms. The first-order valence-corrected chi connectivity index (χ1v) is 6.27. The zero-order valence-corrected chi connectivity index (χ0v) is 11.3. The van der Waals surface area contributed by atoms with E-state index in [2.05, 4.69) is 10.0 Å². The third-order valence-corrected chi connectivity index (χ3v) is 2.67. The molecule has 0 aromatic rings. The summed E-state index contributed by atoms with van der Waals surface area (Å²) in [6.07, 6.45) is -1.62. The van der Waals surface area contributed by atoms with E-state index in [4.69, 9.17) is 20.1 Å². The summed E-state index contributed by atoms with van der Waals surface area (Å²) < 4.78 is 10.2. The standard InChI is InChI=1S/C11H23N3O5/c1-3-4-7-19-10(8(16)5-6-15)9(13-14-12)11(17)18-2/h8-11,15-17H,3-7H2,1-2H3. The third-order valence-electron chi connectivity index (χ3n) is 2.67. The van der Waals surface area contributed by atoms with Crippen LogP contribution in [0, 0.1) is 0 Å². The van der Waals surface area contributed by atoms with E-state index >= 15 is 0 Å². The van der Waals surface area contributed by atoms with Gasteiger partial charge in [0.1, 0.15) is 6.04 Å². The number of hydrogen-bond donors (Lipinski definition) is 3. The highest BCUT2D eigenvalue weighted by molar-refractivity contribution is 4.85. The molecular weight excluding hydrogens is 254 g/mol. The van der Waals surface area contributed by atoms with E-state index in [0.29, 0.717) is 6.61 Å². The van der Waals surface area contributed by atoms with Crippen molar-refractivity contribution >= 4 is 0 Å². The first-order valence-electron chi connectivity index (χ1n) is 6.27. The molecule has 4 unspecified atom stereocenters. The van der Waals surface area contributed by atoms with Gasteiger partial charge in [0.05, 0.1) is 12.2 Å². The van der Waals surface area contributed by atoms with Crippen molar-refractivity contribution in [2.45, 2.75) is 50.7 Å². The van der Waals surface area contributed by atoms with Crippen molar-refractivity contribution in [3.63, 3.8) is 0 Å². The zero-order valence-electron chi connectivity index (χ0n) is 11.3. The van der Waals surface area contributed by atoms with Crippen LogP contribution < -0.4 is 0 Å². The average molecular weight is 277 g/mol. The van der Waals surface area contributed by atoms with E-state index < -0.39 is 24.5 Å². The molecule has 0 aromatic heterocycles. The smallest absolute Gasteiger partial charge is 0.165 e. The van der Waals surface area contributed by atoms with Crippen LogP contribution in [0.3, 0.4) is 0 Å². The summed E-state index contributed by atoms with van der Waals surface area (Å²) in [5.41, 5.74) is 8.52.